The molecule has 766 valence electrons. The zero-order chi connectivity index (χ0) is 105. The fourth-order valence-electron chi connectivity index (χ4n) is 18.2. The molecule has 3 aromatic heterocycles. The van der Waals surface area contributed by atoms with Crippen LogP contribution >= 0.6 is 0 Å². The number of hydrogen-bond donors (Lipinski definition) is 11. The van der Waals surface area contributed by atoms with Crippen LogP contribution in [0.1, 0.15) is 145 Å². The molecule has 7 aliphatic heterocycles. The Hall–Kier alpha value is -16.8. The molecule has 0 aliphatic carbocycles. The van der Waals surface area contributed by atoms with Crippen molar-refractivity contribution in [2.45, 2.75) is 149 Å². The number of ether oxygens (including phenoxy) is 5. The molecule has 6 atom stereocenters. The van der Waals surface area contributed by atoms with Gasteiger partial charge in [0.05, 0.1) is 94.5 Å². The molecule has 0 spiro atoms. The van der Waals surface area contributed by atoms with Crippen molar-refractivity contribution in [3.63, 3.8) is 0 Å². The number of alkyl halides is 3. The number of fused-ring (bicyclic) bond motifs is 7. The molecule has 1 unspecified atom stereocenters. The van der Waals surface area contributed by atoms with Gasteiger partial charge in [-0.2, -0.15) is 0 Å². The smallest absolute Gasteiger partial charge is 0.496 e. The summed E-state index contributed by atoms with van der Waals surface area (Å²) in [6.45, 7) is 16.3. The van der Waals surface area contributed by atoms with Gasteiger partial charge in [0.2, 0.25) is 29.5 Å². The van der Waals surface area contributed by atoms with E-state index < -0.39 is 12.3 Å². The summed E-state index contributed by atoms with van der Waals surface area (Å²) in [5, 5.41) is 34.9. The Kier molecular flexibility index (Phi) is 35.0. The number of likely N-dealkylation sites (N-methyl/N-ethyl adjacent to an activating group) is 1. The van der Waals surface area contributed by atoms with Gasteiger partial charge < -0.3 is 96.5 Å². The van der Waals surface area contributed by atoms with Crippen molar-refractivity contribution in [1.82, 2.24) is 24.8 Å². The molecule has 30 nitrogen and oxygen atoms in total. The number of nitrogens with one attached hydrogen (secondary N) is 11. The zero-order valence-electron chi connectivity index (χ0n) is 84.1. The van der Waals surface area contributed by atoms with Gasteiger partial charge in [0, 0.05) is 202 Å². The van der Waals surface area contributed by atoms with E-state index in [9.17, 15) is 56.3 Å². The Bertz CT molecular complexity index is 7020. The van der Waals surface area contributed by atoms with Crippen LogP contribution in [-0.2, 0) is 66.4 Å². The maximum atomic E-state index is 12.8. The van der Waals surface area contributed by atoms with Gasteiger partial charge in [-0.3, -0.25) is 43.3 Å². The second-order valence-corrected chi connectivity index (χ2v) is 37.3. The van der Waals surface area contributed by atoms with E-state index in [1.165, 1.54) is 30.9 Å². The minimum atomic E-state index is -4.82. The number of pyridine rings is 2. The number of aryl methyl sites for hydroxylation is 1. The lowest BCUT2D eigenvalue weighted by atomic mass is 9.99. The van der Waals surface area contributed by atoms with Crippen molar-refractivity contribution in [1.29, 1.82) is 0 Å². The lowest BCUT2D eigenvalue weighted by Gasteiger charge is -2.33. The topological polar surface area (TPSA) is 369 Å². The van der Waals surface area contributed by atoms with Gasteiger partial charge in [-0.1, -0.05) is 140 Å². The normalized spacial score (nSPS) is 17.5. The predicted molar refractivity (Wildman–Crippen MR) is 574 cm³/mol. The van der Waals surface area contributed by atoms with Gasteiger partial charge >= 0.3 is 12.3 Å². The molecule has 20 rings (SSSR count). The number of carbonyl (C=O) groups excluding carboxylic acids is 9. The average Bonchev–Trinajstić information content (AvgIpc) is 1.61. The number of ketones is 2. The number of Topliss-reactive ketones (excluding diaryl/α,β-unsaturated/α-hetero) is 2. The maximum Gasteiger partial charge on any atom is 0.573 e. The predicted octanol–water partition coefficient (Wildman–Crippen LogP) is 20.3. The lowest BCUT2D eigenvalue weighted by Crippen LogP contribution is -2.44. The van der Waals surface area contributed by atoms with Crippen LogP contribution in [0.25, 0.3) is 45.4 Å². The third kappa shape index (κ3) is 28.2. The molecule has 10 aromatic carbocycles. The molecule has 33 heteroatoms. The number of para-hydroxylation sites is 7. The molecule has 0 radical (unpaired) electrons. The minimum Gasteiger partial charge on any atom is -0.496 e. The van der Waals surface area contributed by atoms with Crippen molar-refractivity contribution in [3.8, 4) is 45.4 Å². The highest BCUT2D eigenvalue weighted by atomic mass is 19.4. The van der Waals surface area contributed by atoms with Crippen molar-refractivity contribution < 1.29 is 80.0 Å². The Labute approximate surface area is 857 Å². The number of esters is 1. The third-order valence-electron chi connectivity index (χ3n) is 25.4. The monoisotopic (exact) mass is 2010 g/mol. The fraction of sp³-hybridized carbons (Fsp3) is 0.278. The van der Waals surface area contributed by atoms with E-state index in [4.69, 9.17) is 23.9 Å². The van der Waals surface area contributed by atoms with E-state index >= 15 is 0 Å². The summed E-state index contributed by atoms with van der Waals surface area (Å²) in [6.07, 6.45) is 8.67. The van der Waals surface area contributed by atoms with Gasteiger partial charge in [-0.15, -0.1) is 13.2 Å². The summed E-state index contributed by atoms with van der Waals surface area (Å²) in [5.74, 6) is 2.14. The van der Waals surface area contributed by atoms with Gasteiger partial charge in [-0.25, -0.2) is 9.78 Å². The standard InChI is InChI=1S/C21H21N3O3.C20H25N5O.C19H18F3N3O3.C19H20N2O3.C19H20O3.C17H17N3O/c1-12-9-19(25)23-16-6-4-5-15(20(16)22-12)18-10-13-7-8-14(21(26)27-3)11-17(13)24(18)2;1-14-12-19(26)23-17-5-3-4-16(20(17)22-14)15-6-7-18(21-13-15)25-10-8-24(2)9-11-25;1-11-9-16(26)25-14-7-4-6-13(17(14)24-11)18(27)23-10-12-5-2-3-8-15(12)28-19(20,21)22;1-12-10-18(23)21-15-8-5-7-14(19(15)20-12)16(22)11-13-6-3-4-9-17(13)24-2;1-14-11-17(20)12-16-7-8-18(13-19(16)22-14)21-10-9-15-5-3-2-4-6-15;1-12-11-16(21)20-15-4-2-3-14(17(15)19-12)6-5-13-7-9-18-10-8-13/h4-8,10-12,22H,9H2,1-3H3,(H,23,25);3-7,13-14,22H,8-12H2,1-2H3,(H,23,26);2-8,11,24H,9-10H2,1H3,(H,23,27)(H,25,26);3-9,12,20H,10-11H2,1-2H3,(H,21,23);2-8,13-14H,9-12H2,1H3;2-10,12,19H,11H2,1H3,(H,20,21)/b;;;;;6-5+/t12-;14-;11-;;14-;12-/m111.11/s1. The van der Waals surface area contributed by atoms with Crippen molar-refractivity contribution in [3.05, 3.63) is 305 Å². The van der Waals surface area contributed by atoms with E-state index in [0.717, 1.165) is 140 Å². The number of amides is 6. The first-order valence-electron chi connectivity index (χ1n) is 49.2. The summed E-state index contributed by atoms with van der Waals surface area (Å²) in [7, 11) is 7.10. The van der Waals surface area contributed by atoms with Crippen LogP contribution in [0.3, 0.4) is 0 Å². The quantitative estimate of drug-likeness (QED) is 0.0281. The highest BCUT2D eigenvalue weighted by molar-refractivity contribution is 6.10. The van der Waals surface area contributed by atoms with E-state index in [1.807, 2.05) is 200 Å². The third-order valence-corrected chi connectivity index (χ3v) is 25.4. The number of piperazine rings is 1. The maximum absolute atomic E-state index is 12.8. The molecule has 6 amide bonds. The summed E-state index contributed by atoms with van der Waals surface area (Å²) >= 11 is 0. The molecular weight excluding hydrogens is 1890 g/mol. The molecule has 7 aliphatic rings. The van der Waals surface area contributed by atoms with E-state index in [1.54, 1.807) is 68.0 Å². The molecule has 11 N–H and O–H groups in total. The van der Waals surface area contributed by atoms with Gasteiger partial charge in [0.1, 0.15) is 40.7 Å². The molecule has 148 heavy (non-hydrogen) atoms. The van der Waals surface area contributed by atoms with Crippen LogP contribution < -0.4 is 82.3 Å². The second-order valence-electron chi connectivity index (χ2n) is 37.3. The SMILES string of the molecule is COC(=O)c1ccc2cc(-c3cccc4c3N[C@H](C)CC(=O)N4)n(C)c2c1.COc1ccccc1CC(=O)c1cccc2c1NC(C)CC(=O)N2.C[C@@H]1CC(=O)Cc2ccc(OCCc3ccccc3)cc2O1.C[C@@H]1CC(=O)Nc2cccc(-c3ccc(N4CCN(C)CC4)nc3)c2N1.C[C@@H]1CC(=O)Nc2cccc(/C=C/c3ccncc3)c2N1.C[C@@H]1CC(=O)Nc2cccc(C(=O)NCc3ccccc3OC(F)(F)F)c2N1. The van der Waals surface area contributed by atoms with Crippen LogP contribution in [0.15, 0.2) is 255 Å². The number of anilines is 11. The van der Waals surface area contributed by atoms with E-state index in [0.29, 0.717) is 84.8 Å². The number of hydrogen-bond acceptors (Lipinski definition) is 23. The number of methoxy groups -OCH3 is 2. The van der Waals surface area contributed by atoms with Gasteiger partial charge in [0.25, 0.3) is 5.91 Å². The highest BCUT2D eigenvalue weighted by Gasteiger charge is 2.34. The average molecular weight is 2010 g/mol. The lowest BCUT2D eigenvalue weighted by molar-refractivity contribution is -0.275. The highest BCUT2D eigenvalue weighted by Crippen LogP contribution is 2.43. The number of rotatable bonds is 18. The molecule has 1 fully saturated rings. The zero-order valence-corrected chi connectivity index (χ0v) is 84.1. The Morgan fingerprint density at radius 3 is 1.62 bits per heavy atom. The number of aromatic nitrogens is 3. The van der Waals surface area contributed by atoms with Crippen LogP contribution in [0, 0.1) is 0 Å². The minimum absolute atomic E-state index is 0.00524. The largest absolute Gasteiger partial charge is 0.573 e. The first kappa shape index (κ1) is 105. The number of nitrogens with zero attached hydrogens (tertiary/aromatic N) is 5. The summed E-state index contributed by atoms with van der Waals surface area (Å²) in [4.78, 5) is 122. The van der Waals surface area contributed by atoms with Gasteiger partial charge in [-0.05, 0) is 168 Å². The van der Waals surface area contributed by atoms with Crippen LogP contribution in [0.2, 0.25) is 0 Å². The summed E-state index contributed by atoms with van der Waals surface area (Å²) in [5.41, 5.74) is 19.4. The Morgan fingerprint density at radius 2 is 1.03 bits per heavy atom. The number of carbonyl (C=O) groups is 9. The second kappa shape index (κ2) is 49.2. The van der Waals surface area contributed by atoms with Crippen LogP contribution in [0.5, 0.6) is 23.0 Å². The molecular formula is C115H121F3N16O14. The molecule has 1 saturated heterocycles. The molecule has 10 heterocycles. The number of benzene rings is 10. The molecule has 0 saturated carbocycles. The van der Waals surface area contributed by atoms with E-state index in [2.05, 4.69) is 126 Å². The summed E-state index contributed by atoms with van der Waals surface area (Å²) in [6, 6.07) is 72.8. The Morgan fingerprint density at radius 1 is 0.507 bits per heavy atom. The van der Waals surface area contributed by atoms with Gasteiger partial charge in [0.15, 0.2) is 5.78 Å². The first-order chi connectivity index (χ1) is 71.3. The van der Waals surface area contributed by atoms with E-state index in [-0.39, 0.29) is 120 Å². The van der Waals surface area contributed by atoms with Crippen LogP contribution in [-0.4, -0.2) is 169 Å². The number of halogens is 3. The fourth-order valence-corrected chi connectivity index (χ4v) is 18.2. The molecule has 0 bridgehead atoms. The summed E-state index contributed by atoms with van der Waals surface area (Å²) < 4.78 is 65.4. The first-order valence-corrected chi connectivity index (χ1v) is 49.2. The van der Waals surface area contributed by atoms with Crippen molar-refractivity contribution >= 4 is 139 Å². The molecule has 13 aromatic rings. The van der Waals surface area contributed by atoms with Crippen molar-refractivity contribution in [2.24, 2.45) is 7.05 Å². The van der Waals surface area contributed by atoms with Crippen LogP contribution in [0.4, 0.5) is 75.9 Å². The van der Waals surface area contributed by atoms with Crippen molar-refractivity contribution in [2.75, 3.05) is 112 Å². The Balaban J connectivity index is 0.000000133.